The number of imide groups is 2. The van der Waals surface area contributed by atoms with Crippen molar-refractivity contribution in [1.29, 1.82) is 0 Å². The van der Waals surface area contributed by atoms with Crippen LogP contribution in [-0.2, 0) is 11.8 Å². The SMILES string of the molecule is Cc1cc2c(c(C)c1N1C(=O)c3ccc(C(c4ccc5c(c4)C(=O)NC5=O)(C(F)(F)F)C(F)(F)F)cc3C1=O)C(C)C2. The molecule has 216 valence electrons. The first-order valence-corrected chi connectivity index (χ1v) is 12.8. The van der Waals surface area contributed by atoms with Crippen molar-refractivity contribution in [2.45, 2.75) is 50.9 Å². The van der Waals surface area contributed by atoms with Crippen molar-refractivity contribution in [3.63, 3.8) is 0 Å². The van der Waals surface area contributed by atoms with Crippen molar-refractivity contribution >= 4 is 29.3 Å². The second-order valence-electron chi connectivity index (χ2n) is 10.8. The van der Waals surface area contributed by atoms with E-state index in [-0.39, 0.29) is 22.7 Å². The van der Waals surface area contributed by atoms with Gasteiger partial charge in [0.25, 0.3) is 23.6 Å². The van der Waals surface area contributed by atoms with Gasteiger partial charge in [-0.2, -0.15) is 26.3 Å². The maximum absolute atomic E-state index is 14.8. The number of hydrogen-bond acceptors (Lipinski definition) is 4. The van der Waals surface area contributed by atoms with Crippen LogP contribution in [-0.4, -0.2) is 36.0 Å². The van der Waals surface area contributed by atoms with Crippen molar-refractivity contribution in [3.05, 3.63) is 98.1 Å². The fourth-order valence-electron chi connectivity index (χ4n) is 6.63. The Balaban J connectivity index is 1.55. The molecule has 6 nitrogen and oxygen atoms in total. The predicted molar refractivity (Wildman–Crippen MR) is 137 cm³/mol. The molecule has 0 fully saturated rings. The van der Waals surface area contributed by atoms with E-state index in [0.29, 0.717) is 35.4 Å². The van der Waals surface area contributed by atoms with Gasteiger partial charge in [0.05, 0.1) is 27.9 Å². The van der Waals surface area contributed by atoms with E-state index in [1.54, 1.807) is 13.8 Å². The lowest BCUT2D eigenvalue weighted by molar-refractivity contribution is -0.288. The van der Waals surface area contributed by atoms with Crippen molar-refractivity contribution in [3.8, 4) is 0 Å². The molecular weight excluding hydrogens is 566 g/mol. The molecule has 42 heavy (non-hydrogen) atoms. The highest BCUT2D eigenvalue weighted by molar-refractivity contribution is 6.35. The van der Waals surface area contributed by atoms with E-state index >= 15 is 0 Å². The summed E-state index contributed by atoms with van der Waals surface area (Å²) in [6.45, 7) is 5.36. The molecule has 6 rings (SSSR count). The van der Waals surface area contributed by atoms with Gasteiger partial charge in [-0.15, -0.1) is 0 Å². The first-order chi connectivity index (χ1) is 19.5. The van der Waals surface area contributed by atoms with Crippen molar-refractivity contribution in [2.24, 2.45) is 0 Å². The quantitative estimate of drug-likeness (QED) is 0.299. The summed E-state index contributed by atoms with van der Waals surface area (Å²) in [6.07, 6.45) is -11.2. The number of nitrogens with one attached hydrogen (secondary N) is 1. The maximum atomic E-state index is 14.8. The van der Waals surface area contributed by atoms with Crippen LogP contribution >= 0.6 is 0 Å². The molecule has 0 spiro atoms. The van der Waals surface area contributed by atoms with Crippen LogP contribution in [0.15, 0.2) is 42.5 Å². The topological polar surface area (TPSA) is 83.6 Å². The summed E-state index contributed by atoms with van der Waals surface area (Å²) >= 11 is 0. The molecule has 3 aromatic rings. The molecule has 1 aliphatic carbocycles. The van der Waals surface area contributed by atoms with E-state index in [1.807, 2.05) is 18.3 Å². The smallest absolute Gasteiger partial charge is 0.288 e. The van der Waals surface area contributed by atoms with Gasteiger partial charge in [-0.1, -0.05) is 25.1 Å². The summed E-state index contributed by atoms with van der Waals surface area (Å²) in [6, 6.07) is 5.17. The Morgan fingerprint density at radius 3 is 1.83 bits per heavy atom. The second-order valence-corrected chi connectivity index (χ2v) is 10.8. The van der Waals surface area contributed by atoms with Gasteiger partial charge in [-0.05, 0) is 83.8 Å². The second kappa shape index (κ2) is 8.52. The average molecular weight is 586 g/mol. The molecule has 1 N–H and O–H groups in total. The minimum absolute atomic E-state index is 0.157. The molecule has 2 aliphatic heterocycles. The van der Waals surface area contributed by atoms with Gasteiger partial charge in [0.1, 0.15) is 0 Å². The third kappa shape index (κ3) is 3.40. The van der Waals surface area contributed by atoms with Crippen LogP contribution in [0.1, 0.15) is 87.7 Å². The largest absolute Gasteiger partial charge is 0.411 e. The number of alkyl halides is 6. The number of fused-ring (bicyclic) bond motifs is 3. The molecule has 1 unspecified atom stereocenters. The Morgan fingerprint density at radius 2 is 1.26 bits per heavy atom. The fraction of sp³-hybridized carbons (Fsp3) is 0.267. The number of halogens is 6. The van der Waals surface area contributed by atoms with Crippen LogP contribution in [0.5, 0.6) is 0 Å². The summed E-state index contributed by atoms with van der Waals surface area (Å²) in [5.74, 6) is -3.85. The zero-order valence-electron chi connectivity index (χ0n) is 22.2. The summed E-state index contributed by atoms with van der Waals surface area (Å²) in [4.78, 5) is 51.9. The first-order valence-electron chi connectivity index (χ1n) is 12.8. The van der Waals surface area contributed by atoms with E-state index in [2.05, 4.69) is 0 Å². The van der Waals surface area contributed by atoms with Gasteiger partial charge in [-0.25, -0.2) is 4.90 Å². The van der Waals surface area contributed by atoms with Gasteiger partial charge in [0.15, 0.2) is 0 Å². The molecule has 1 atom stereocenters. The first kappa shape index (κ1) is 27.7. The standard InChI is InChI=1S/C30H20F6N2O4/c1-12-8-15-9-13(2)23(14(3)22(12)15)38-26(41)19-7-5-17(11-21(19)27(38)42)28(29(31,32)33,30(34,35)36)16-4-6-18-20(10-16)25(40)37-24(18)39/h4-7,9-12H,8H2,1-3H3,(H,37,39,40). The molecule has 3 aliphatic rings. The van der Waals surface area contributed by atoms with E-state index in [4.69, 9.17) is 0 Å². The lowest BCUT2D eigenvalue weighted by atomic mass is 9.71. The summed E-state index contributed by atoms with van der Waals surface area (Å²) < 4.78 is 88.9. The summed E-state index contributed by atoms with van der Waals surface area (Å²) in [7, 11) is 0. The van der Waals surface area contributed by atoms with Gasteiger partial charge in [-0.3, -0.25) is 24.5 Å². The molecule has 0 bridgehead atoms. The van der Waals surface area contributed by atoms with Crippen LogP contribution in [0, 0.1) is 13.8 Å². The number of benzene rings is 3. The van der Waals surface area contributed by atoms with E-state index in [1.165, 1.54) is 0 Å². The zero-order chi connectivity index (χ0) is 30.7. The van der Waals surface area contributed by atoms with Gasteiger partial charge < -0.3 is 0 Å². The molecular formula is C30H20F6N2O4. The van der Waals surface area contributed by atoms with Crippen LogP contribution in [0.3, 0.4) is 0 Å². The third-order valence-corrected chi connectivity index (χ3v) is 8.45. The fourth-order valence-corrected chi connectivity index (χ4v) is 6.63. The molecule has 3 aromatic carbocycles. The molecule has 0 saturated heterocycles. The van der Waals surface area contributed by atoms with Crippen LogP contribution in [0.2, 0.25) is 0 Å². The highest BCUT2D eigenvalue weighted by Gasteiger charge is 2.73. The Hall–Kier alpha value is -4.48. The molecule has 12 heteroatoms. The number of hydrogen-bond donors (Lipinski definition) is 1. The monoisotopic (exact) mass is 586 g/mol. The molecule has 0 saturated carbocycles. The maximum Gasteiger partial charge on any atom is 0.411 e. The van der Waals surface area contributed by atoms with Gasteiger partial charge >= 0.3 is 12.4 Å². The number of amides is 4. The molecule has 2 heterocycles. The number of anilines is 1. The van der Waals surface area contributed by atoms with Crippen LogP contribution in [0.25, 0.3) is 0 Å². The predicted octanol–water partition coefficient (Wildman–Crippen LogP) is 6.06. The van der Waals surface area contributed by atoms with Gasteiger partial charge in [0, 0.05) is 0 Å². The molecule has 0 aromatic heterocycles. The highest BCUT2D eigenvalue weighted by Crippen LogP contribution is 2.57. The number of carbonyl (C=O) groups is 4. The Bertz CT molecular complexity index is 1780. The number of nitrogens with zero attached hydrogens (tertiary/aromatic N) is 1. The number of rotatable bonds is 3. The Morgan fingerprint density at radius 1 is 0.738 bits per heavy atom. The third-order valence-electron chi connectivity index (χ3n) is 8.45. The summed E-state index contributed by atoms with van der Waals surface area (Å²) in [5, 5.41) is 1.84. The van der Waals surface area contributed by atoms with Crippen molar-refractivity contribution in [1.82, 2.24) is 5.32 Å². The Kier molecular flexibility index (Phi) is 5.62. The van der Waals surface area contributed by atoms with Crippen molar-refractivity contribution in [2.75, 3.05) is 4.90 Å². The number of carbonyl (C=O) groups excluding carboxylic acids is 4. The minimum Gasteiger partial charge on any atom is -0.288 e. The van der Waals surface area contributed by atoms with E-state index < -0.39 is 63.7 Å². The summed E-state index contributed by atoms with van der Waals surface area (Å²) in [5.41, 5.74) is -5.96. The van der Waals surface area contributed by atoms with Crippen LogP contribution in [0.4, 0.5) is 32.0 Å². The molecule has 4 amide bonds. The van der Waals surface area contributed by atoms with Crippen molar-refractivity contribution < 1.29 is 45.5 Å². The lowest BCUT2D eigenvalue weighted by Crippen LogP contribution is -2.55. The Labute approximate surface area is 234 Å². The lowest BCUT2D eigenvalue weighted by Gasteiger charge is -2.38. The molecule has 0 radical (unpaired) electrons. The minimum atomic E-state index is -6.02. The number of aryl methyl sites for hydroxylation is 1. The average Bonchev–Trinajstić information content (AvgIpc) is 3.29. The highest BCUT2D eigenvalue weighted by atomic mass is 19.4. The normalized spacial score (nSPS) is 18.1. The van der Waals surface area contributed by atoms with E-state index in [0.717, 1.165) is 34.6 Å². The van der Waals surface area contributed by atoms with Crippen LogP contribution < -0.4 is 10.2 Å². The van der Waals surface area contributed by atoms with E-state index in [9.17, 15) is 45.5 Å². The van der Waals surface area contributed by atoms with Gasteiger partial charge in [0.2, 0.25) is 5.41 Å². The zero-order valence-corrected chi connectivity index (χ0v) is 22.2.